The molecule has 1 heterocycles. The van der Waals surface area contributed by atoms with Crippen molar-refractivity contribution in [2.45, 2.75) is 64.3 Å². The average molecular weight is 358 g/mol. The topological polar surface area (TPSA) is 38.8 Å². The molecule has 1 saturated carbocycles. The summed E-state index contributed by atoms with van der Waals surface area (Å²) < 4.78 is 7.68. The van der Waals surface area contributed by atoms with E-state index in [2.05, 4.69) is 35.0 Å². The molecule has 1 fully saturated rings. The highest BCUT2D eigenvalue weighted by atomic mass is 16.5. The monoisotopic (exact) mass is 357 g/mol. The van der Waals surface area contributed by atoms with Gasteiger partial charge in [-0.2, -0.15) is 0 Å². The Labute approximate surface area is 157 Å². The van der Waals surface area contributed by atoms with Gasteiger partial charge >= 0.3 is 0 Å². The Bertz CT molecular complexity index is 674. The van der Waals surface area contributed by atoms with Crippen molar-refractivity contribution in [3.63, 3.8) is 0 Å². The van der Waals surface area contributed by atoms with Gasteiger partial charge in [0.05, 0.1) is 18.8 Å². The van der Waals surface area contributed by atoms with Gasteiger partial charge in [0.15, 0.2) is 0 Å². The predicted octanol–water partition coefficient (Wildman–Crippen LogP) is 2.64. The normalized spacial score (nSPS) is 17.8. The van der Waals surface area contributed by atoms with Crippen LogP contribution in [0.1, 0.15) is 50.3 Å². The van der Waals surface area contributed by atoms with Gasteiger partial charge < -0.3 is 19.3 Å². The maximum atomic E-state index is 10.0. The van der Waals surface area contributed by atoms with Gasteiger partial charge in [0.2, 0.25) is 0 Å². The molecule has 1 aromatic carbocycles. The number of nitrogens with zero attached hydrogens (tertiary/aromatic N) is 1. The summed E-state index contributed by atoms with van der Waals surface area (Å²) in [7, 11) is 1.71. The molecular weight excluding hydrogens is 324 g/mol. The second kappa shape index (κ2) is 9.24. The van der Waals surface area contributed by atoms with Crippen molar-refractivity contribution in [3.8, 4) is 5.75 Å². The van der Waals surface area contributed by atoms with Crippen LogP contribution in [0.2, 0.25) is 0 Å². The van der Waals surface area contributed by atoms with Gasteiger partial charge in [-0.05, 0) is 62.4 Å². The third-order valence-corrected chi connectivity index (χ3v) is 5.56. The van der Waals surface area contributed by atoms with Crippen LogP contribution in [0.3, 0.4) is 0 Å². The van der Waals surface area contributed by atoms with E-state index in [-0.39, 0.29) is 6.10 Å². The zero-order chi connectivity index (χ0) is 18.4. The van der Waals surface area contributed by atoms with Crippen molar-refractivity contribution in [2.75, 3.05) is 13.7 Å². The first kappa shape index (κ1) is 19.0. The third kappa shape index (κ3) is 5.12. The molecule has 2 N–H and O–H groups in total. The number of ether oxygens (including phenoxy) is 1. The van der Waals surface area contributed by atoms with Crippen LogP contribution in [0, 0.1) is 0 Å². The maximum Gasteiger partial charge on any atom is 0.119 e. The minimum atomic E-state index is -0.256. The lowest BCUT2D eigenvalue weighted by Gasteiger charge is -2.32. The molecule has 1 unspecified atom stereocenters. The van der Waals surface area contributed by atoms with Crippen LogP contribution in [-0.4, -0.2) is 35.5 Å². The summed E-state index contributed by atoms with van der Waals surface area (Å²) in [5, 5.41) is 10.0. The van der Waals surface area contributed by atoms with Crippen LogP contribution in [-0.2, 0) is 13.1 Å². The summed E-state index contributed by atoms with van der Waals surface area (Å²) in [5.74, 6) is 0.903. The van der Waals surface area contributed by atoms with Gasteiger partial charge in [-0.3, -0.25) is 0 Å². The molecule has 0 amide bonds. The van der Waals surface area contributed by atoms with Crippen molar-refractivity contribution < 1.29 is 14.7 Å². The first-order chi connectivity index (χ1) is 12.7. The van der Waals surface area contributed by atoms with E-state index in [0.29, 0.717) is 6.04 Å². The molecule has 4 heteroatoms. The maximum absolute atomic E-state index is 10.0. The van der Waals surface area contributed by atoms with Crippen LogP contribution in [0.25, 0.3) is 0 Å². The Balaban J connectivity index is 1.72. The van der Waals surface area contributed by atoms with E-state index in [4.69, 9.17) is 4.74 Å². The van der Waals surface area contributed by atoms with Gasteiger partial charge in [-0.25, -0.2) is 0 Å². The van der Waals surface area contributed by atoms with E-state index in [1.165, 1.54) is 48.3 Å². The highest BCUT2D eigenvalue weighted by Crippen LogP contribution is 2.17. The molecule has 1 aliphatic carbocycles. The molecule has 0 bridgehead atoms. The number of benzene rings is 1. The second-order valence-electron chi connectivity index (χ2n) is 7.70. The molecule has 2 atom stereocenters. The number of aliphatic hydroxyl groups is 1. The molecule has 3 rings (SSSR count). The summed E-state index contributed by atoms with van der Waals surface area (Å²) >= 11 is 0. The van der Waals surface area contributed by atoms with Crippen LogP contribution < -0.4 is 9.64 Å². The smallest absolute Gasteiger partial charge is 0.119 e. The Kier molecular flexibility index (Phi) is 6.75. The number of aromatic nitrogens is 1. The van der Waals surface area contributed by atoms with Gasteiger partial charge in [0, 0.05) is 12.7 Å². The van der Waals surface area contributed by atoms with E-state index in [9.17, 15) is 5.11 Å². The number of hydrogen-bond donors (Lipinski definition) is 2. The number of hydrogen-bond acceptors (Lipinski definition) is 2. The number of rotatable bonds is 8. The summed E-state index contributed by atoms with van der Waals surface area (Å²) in [4.78, 5) is 1.53. The van der Waals surface area contributed by atoms with Crippen LogP contribution in [0.5, 0.6) is 5.75 Å². The Hall–Kier alpha value is -1.78. The third-order valence-electron chi connectivity index (χ3n) is 5.56. The molecule has 142 valence electrons. The molecule has 0 aliphatic heterocycles. The fourth-order valence-electron chi connectivity index (χ4n) is 4.24. The first-order valence-electron chi connectivity index (χ1n) is 9.95. The molecule has 1 aromatic heterocycles. The fourth-order valence-corrected chi connectivity index (χ4v) is 4.24. The average Bonchev–Trinajstić information content (AvgIpc) is 3.08. The van der Waals surface area contributed by atoms with Crippen LogP contribution in [0.15, 0.2) is 42.6 Å². The highest BCUT2D eigenvalue weighted by Gasteiger charge is 2.26. The lowest BCUT2D eigenvalue weighted by atomic mass is 9.94. The SMILES string of the molecule is COc1cccc(Cn2cccc2C[NH+](C[C@H](C)O)C2CCCCC2)c1. The molecule has 4 nitrogen and oxygen atoms in total. The summed E-state index contributed by atoms with van der Waals surface area (Å²) in [6, 6.07) is 13.3. The van der Waals surface area contributed by atoms with E-state index in [1.54, 1.807) is 7.11 Å². The second-order valence-corrected chi connectivity index (χ2v) is 7.70. The lowest BCUT2D eigenvalue weighted by molar-refractivity contribution is -0.943. The van der Waals surface area contributed by atoms with E-state index in [1.807, 2.05) is 19.1 Å². The van der Waals surface area contributed by atoms with Crippen molar-refractivity contribution in [1.82, 2.24) is 4.57 Å². The van der Waals surface area contributed by atoms with E-state index in [0.717, 1.165) is 25.4 Å². The Morgan fingerprint density at radius 2 is 2.00 bits per heavy atom. The van der Waals surface area contributed by atoms with Gasteiger partial charge in [0.25, 0.3) is 0 Å². The molecule has 26 heavy (non-hydrogen) atoms. The fraction of sp³-hybridized carbons (Fsp3) is 0.545. The van der Waals surface area contributed by atoms with Crippen molar-refractivity contribution in [2.24, 2.45) is 0 Å². The van der Waals surface area contributed by atoms with E-state index < -0.39 is 0 Å². The van der Waals surface area contributed by atoms with E-state index >= 15 is 0 Å². The predicted molar refractivity (Wildman–Crippen MR) is 105 cm³/mol. The van der Waals surface area contributed by atoms with Gasteiger partial charge in [-0.1, -0.05) is 18.6 Å². The van der Waals surface area contributed by atoms with Crippen molar-refractivity contribution in [1.29, 1.82) is 0 Å². The number of aliphatic hydroxyl groups excluding tert-OH is 1. The molecule has 0 spiro atoms. The minimum absolute atomic E-state index is 0.256. The van der Waals surface area contributed by atoms with Gasteiger partial charge in [-0.15, -0.1) is 0 Å². The standard InChI is InChI=1S/C22H32N2O2/c1-18(25)15-24(20-9-4-3-5-10-20)17-21-11-7-13-23(21)16-19-8-6-12-22(14-19)26-2/h6-8,11-14,18,20,25H,3-5,9-10,15-17H2,1-2H3/p+1/t18-/m0/s1. The number of methoxy groups -OCH3 is 1. The summed E-state index contributed by atoms with van der Waals surface area (Å²) in [6.07, 6.45) is 8.52. The van der Waals surface area contributed by atoms with Crippen molar-refractivity contribution >= 4 is 0 Å². The molecule has 2 aromatic rings. The number of nitrogens with one attached hydrogen (secondary N) is 1. The minimum Gasteiger partial charge on any atom is -0.497 e. The molecule has 0 radical (unpaired) electrons. The van der Waals surface area contributed by atoms with Crippen molar-refractivity contribution in [3.05, 3.63) is 53.9 Å². The lowest BCUT2D eigenvalue weighted by Crippen LogP contribution is -3.15. The zero-order valence-corrected chi connectivity index (χ0v) is 16.2. The molecule has 0 saturated heterocycles. The quantitative estimate of drug-likeness (QED) is 0.762. The highest BCUT2D eigenvalue weighted by molar-refractivity contribution is 5.29. The number of quaternary nitrogens is 1. The Morgan fingerprint density at radius 3 is 2.73 bits per heavy atom. The van der Waals surface area contributed by atoms with Gasteiger partial charge in [0.1, 0.15) is 24.9 Å². The molecular formula is C22H33N2O2+. The zero-order valence-electron chi connectivity index (χ0n) is 16.2. The largest absolute Gasteiger partial charge is 0.497 e. The summed E-state index contributed by atoms with van der Waals surface area (Å²) in [6.45, 7) is 4.58. The van der Waals surface area contributed by atoms with Crippen LogP contribution in [0.4, 0.5) is 0 Å². The summed E-state index contributed by atoms with van der Waals surface area (Å²) in [5.41, 5.74) is 2.59. The Morgan fingerprint density at radius 1 is 1.19 bits per heavy atom. The molecule has 1 aliphatic rings. The first-order valence-corrected chi connectivity index (χ1v) is 9.95. The van der Waals surface area contributed by atoms with Crippen LogP contribution >= 0.6 is 0 Å².